The minimum Gasteiger partial charge on any atom is -0.474 e. The number of imide groups is 1. The summed E-state index contributed by atoms with van der Waals surface area (Å²) in [7, 11) is -4.39. The van der Waals surface area contributed by atoms with Gasteiger partial charge in [-0.25, -0.2) is 13.2 Å². The van der Waals surface area contributed by atoms with E-state index in [1.165, 1.54) is 18.2 Å². The number of nitrogens with zero attached hydrogens (tertiary/aromatic N) is 1. The molecular weight excluding hydrogens is 250 g/mol. The van der Waals surface area contributed by atoms with Gasteiger partial charge in [0.2, 0.25) is 0 Å². The van der Waals surface area contributed by atoms with Gasteiger partial charge < -0.3 is 5.11 Å². The Morgan fingerprint density at radius 2 is 1.76 bits per heavy atom. The van der Waals surface area contributed by atoms with Crippen LogP contribution < -0.4 is 0 Å². The molecule has 1 aromatic carbocycles. The van der Waals surface area contributed by atoms with E-state index in [4.69, 9.17) is 5.11 Å². The lowest BCUT2D eigenvalue weighted by atomic mass is 10.2. The number of carbonyl (C=O) groups is 3. The summed E-state index contributed by atoms with van der Waals surface area (Å²) in [5, 5.41) is 8.46. The molecule has 1 aromatic rings. The normalized spacial score (nSPS) is 16.7. The van der Waals surface area contributed by atoms with Crippen LogP contribution in [-0.2, 0) is 19.6 Å². The van der Waals surface area contributed by atoms with Crippen LogP contribution in [0.5, 0.6) is 0 Å². The molecule has 0 aliphatic carbocycles. The molecule has 0 radical (unpaired) electrons. The second-order valence-corrected chi connectivity index (χ2v) is 4.94. The average molecular weight is 255 g/mol. The zero-order valence-corrected chi connectivity index (χ0v) is 8.97. The zero-order valence-electron chi connectivity index (χ0n) is 8.15. The molecule has 0 atom stereocenters. The molecule has 0 fully saturated rings. The highest BCUT2D eigenvalue weighted by atomic mass is 32.2. The van der Waals surface area contributed by atoms with Gasteiger partial charge in [-0.1, -0.05) is 12.1 Å². The van der Waals surface area contributed by atoms with Gasteiger partial charge in [0, 0.05) is 0 Å². The van der Waals surface area contributed by atoms with E-state index >= 15 is 0 Å². The number of hydrogen-bond donors (Lipinski definition) is 1. The number of amides is 2. The van der Waals surface area contributed by atoms with Crippen LogP contribution >= 0.6 is 0 Å². The lowest BCUT2D eigenvalue weighted by molar-refractivity contribution is -0.152. The number of hydrogen-bond acceptors (Lipinski definition) is 5. The topological polar surface area (TPSA) is 109 Å². The second kappa shape index (κ2) is 3.39. The molecule has 1 N–H and O–H groups in total. The fraction of sp³-hybridized carbons (Fsp3) is 0. The summed E-state index contributed by atoms with van der Waals surface area (Å²) >= 11 is 0. The highest BCUT2D eigenvalue weighted by molar-refractivity contribution is 7.91. The van der Waals surface area contributed by atoms with Crippen LogP contribution in [-0.4, -0.2) is 35.6 Å². The number of sulfonamides is 1. The number of fused-ring (bicyclic) bond motifs is 1. The summed E-state index contributed by atoms with van der Waals surface area (Å²) in [5.41, 5.74) is -0.206. The van der Waals surface area contributed by atoms with Gasteiger partial charge in [-0.2, -0.15) is 4.31 Å². The van der Waals surface area contributed by atoms with Crippen LogP contribution in [0.25, 0.3) is 0 Å². The highest BCUT2D eigenvalue weighted by Crippen LogP contribution is 2.29. The lowest BCUT2D eigenvalue weighted by Crippen LogP contribution is -2.40. The molecule has 8 heteroatoms. The van der Waals surface area contributed by atoms with Gasteiger partial charge in [-0.3, -0.25) is 9.59 Å². The van der Waals surface area contributed by atoms with E-state index in [1.54, 1.807) is 0 Å². The van der Waals surface area contributed by atoms with Crippen LogP contribution in [0.3, 0.4) is 0 Å². The van der Waals surface area contributed by atoms with Crippen molar-refractivity contribution in [3.63, 3.8) is 0 Å². The van der Waals surface area contributed by atoms with Crippen molar-refractivity contribution in [1.82, 2.24) is 4.31 Å². The maximum atomic E-state index is 11.8. The van der Waals surface area contributed by atoms with Crippen molar-refractivity contribution < 1.29 is 27.9 Å². The Balaban J connectivity index is 2.67. The van der Waals surface area contributed by atoms with Crippen LogP contribution in [0.4, 0.5) is 0 Å². The summed E-state index contributed by atoms with van der Waals surface area (Å²) in [4.78, 5) is 32.9. The first-order valence-electron chi connectivity index (χ1n) is 4.33. The molecular formula is C9H5NO6S. The Labute approximate surface area is 95.3 Å². The van der Waals surface area contributed by atoms with E-state index in [-0.39, 0.29) is 14.8 Å². The van der Waals surface area contributed by atoms with Crippen molar-refractivity contribution in [1.29, 1.82) is 0 Å². The molecule has 0 saturated carbocycles. The average Bonchev–Trinajstić information content (AvgIpc) is 2.47. The maximum Gasteiger partial charge on any atom is 0.396 e. The van der Waals surface area contributed by atoms with Gasteiger partial charge in [-0.05, 0) is 12.1 Å². The number of carboxylic acid groups (broad SMARTS) is 1. The molecule has 0 saturated heterocycles. The summed E-state index contributed by atoms with van der Waals surface area (Å²) in [6.45, 7) is 0. The van der Waals surface area contributed by atoms with Gasteiger partial charge in [0.25, 0.3) is 15.9 Å². The number of carbonyl (C=O) groups excluding carboxylic acids is 2. The SMILES string of the molecule is O=C(O)C(=O)N1C(=O)c2ccccc2S1(=O)=O. The van der Waals surface area contributed by atoms with Crippen LogP contribution in [0.2, 0.25) is 0 Å². The minimum atomic E-state index is -4.39. The third-order valence-corrected chi connectivity index (χ3v) is 3.91. The first-order valence-corrected chi connectivity index (χ1v) is 5.77. The second-order valence-electron chi connectivity index (χ2n) is 3.18. The molecule has 1 aliphatic rings. The molecule has 0 unspecified atom stereocenters. The maximum absolute atomic E-state index is 11.8. The van der Waals surface area contributed by atoms with E-state index in [1.807, 2.05) is 0 Å². The van der Waals surface area contributed by atoms with Crippen LogP contribution in [0, 0.1) is 0 Å². The van der Waals surface area contributed by atoms with Crippen LogP contribution in [0.1, 0.15) is 10.4 Å². The van der Waals surface area contributed by atoms with E-state index in [0.29, 0.717) is 0 Å². The van der Waals surface area contributed by atoms with Gasteiger partial charge in [0.05, 0.1) is 5.56 Å². The molecule has 2 rings (SSSR count). The van der Waals surface area contributed by atoms with Crippen molar-refractivity contribution in [2.24, 2.45) is 0 Å². The van der Waals surface area contributed by atoms with Gasteiger partial charge >= 0.3 is 11.9 Å². The lowest BCUT2D eigenvalue weighted by Gasteiger charge is -2.09. The van der Waals surface area contributed by atoms with E-state index in [2.05, 4.69) is 0 Å². The molecule has 0 bridgehead atoms. The molecule has 0 aromatic heterocycles. The Bertz CT molecular complexity index is 647. The summed E-state index contributed by atoms with van der Waals surface area (Å²) in [6, 6.07) is 5.14. The number of aliphatic carboxylic acids is 1. The van der Waals surface area contributed by atoms with E-state index in [9.17, 15) is 22.8 Å². The minimum absolute atomic E-state index is 0.206. The first kappa shape index (κ1) is 11.3. The van der Waals surface area contributed by atoms with Gasteiger partial charge in [0.1, 0.15) is 4.90 Å². The summed E-state index contributed by atoms with van der Waals surface area (Å²) < 4.78 is 23.3. The fourth-order valence-electron chi connectivity index (χ4n) is 1.47. The molecule has 0 spiro atoms. The fourth-order valence-corrected chi connectivity index (χ4v) is 2.97. The third-order valence-electron chi connectivity index (χ3n) is 2.19. The van der Waals surface area contributed by atoms with E-state index in [0.717, 1.165) is 6.07 Å². The molecule has 88 valence electrons. The Hall–Kier alpha value is -2.22. The Morgan fingerprint density at radius 1 is 1.18 bits per heavy atom. The van der Waals surface area contributed by atoms with Crippen molar-refractivity contribution in [2.45, 2.75) is 4.90 Å². The number of benzene rings is 1. The smallest absolute Gasteiger partial charge is 0.396 e. The largest absolute Gasteiger partial charge is 0.474 e. The predicted molar refractivity (Wildman–Crippen MR) is 52.4 cm³/mol. The highest BCUT2D eigenvalue weighted by Gasteiger charge is 2.47. The van der Waals surface area contributed by atoms with Crippen molar-refractivity contribution in [2.75, 3.05) is 0 Å². The van der Waals surface area contributed by atoms with Crippen LogP contribution in [0.15, 0.2) is 29.2 Å². The molecule has 17 heavy (non-hydrogen) atoms. The zero-order chi connectivity index (χ0) is 12.8. The number of carboxylic acids is 1. The summed E-state index contributed by atoms with van der Waals surface area (Å²) in [6.07, 6.45) is 0. The third kappa shape index (κ3) is 1.41. The van der Waals surface area contributed by atoms with Crippen molar-refractivity contribution >= 4 is 27.8 Å². The predicted octanol–water partition coefficient (Wildman–Crippen LogP) is -0.558. The molecule has 1 heterocycles. The first-order chi connectivity index (χ1) is 7.87. The van der Waals surface area contributed by atoms with Gasteiger partial charge in [0.15, 0.2) is 0 Å². The Morgan fingerprint density at radius 3 is 2.29 bits per heavy atom. The quantitative estimate of drug-likeness (QED) is 0.622. The standard InChI is InChI=1S/C9H5NO6S/c11-7-5-3-1-2-4-6(5)17(15,16)10(7)8(12)9(13)14/h1-4H,(H,13,14). The van der Waals surface area contributed by atoms with Gasteiger partial charge in [-0.15, -0.1) is 0 Å². The number of rotatable bonds is 0. The molecule has 7 nitrogen and oxygen atoms in total. The monoisotopic (exact) mass is 255 g/mol. The van der Waals surface area contributed by atoms with E-state index < -0.39 is 27.8 Å². The summed E-state index contributed by atoms with van der Waals surface area (Å²) in [5.74, 6) is -4.94. The van der Waals surface area contributed by atoms with Crippen molar-refractivity contribution in [3.05, 3.63) is 29.8 Å². The molecule has 1 aliphatic heterocycles. The molecule has 2 amide bonds. The Kier molecular flexibility index (Phi) is 2.25. The van der Waals surface area contributed by atoms with Crippen molar-refractivity contribution in [3.8, 4) is 0 Å².